The standard InChI is InChI=1S/C27H43N5O8/c1-26(2,3)39-24(34)29-23(28)32(25(35)40-27(4,5)6)17-20(33)31-14-12-30(13-15-31)16-18-10-11-19(36-7)22(38-9)21(18)37-8/h10-11H,12-17H2,1-9H3,(H2,28,29,34). The maximum atomic E-state index is 13.2. The maximum Gasteiger partial charge on any atom is 0.417 e. The number of methoxy groups -OCH3 is 3. The molecule has 1 fully saturated rings. The Labute approximate surface area is 236 Å². The number of amides is 3. The molecule has 0 bridgehead atoms. The molecular formula is C27H43N5O8. The van der Waals surface area contributed by atoms with Crippen LogP contribution in [0.2, 0.25) is 0 Å². The molecule has 40 heavy (non-hydrogen) atoms. The topological polar surface area (TPSA) is 143 Å². The van der Waals surface area contributed by atoms with Crippen LogP contribution in [-0.2, 0) is 20.8 Å². The van der Waals surface area contributed by atoms with Crippen LogP contribution >= 0.6 is 0 Å². The first kappa shape index (κ1) is 32.5. The van der Waals surface area contributed by atoms with Gasteiger partial charge in [0.15, 0.2) is 11.5 Å². The molecule has 1 aromatic carbocycles. The highest BCUT2D eigenvalue weighted by molar-refractivity contribution is 6.02. The van der Waals surface area contributed by atoms with E-state index in [-0.39, 0.29) is 5.91 Å². The van der Waals surface area contributed by atoms with E-state index in [1.165, 1.54) is 0 Å². The molecule has 13 nitrogen and oxygen atoms in total. The van der Waals surface area contributed by atoms with Crippen molar-refractivity contribution in [2.24, 2.45) is 0 Å². The molecule has 1 aliphatic heterocycles. The van der Waals surface area contributed by atoms with E-state index in [0.29, 0.717) is 50.0 Å². The maximum absolute atomic E-state index is 13.2. The van der Waals surface area contributed by atoms with Crippen molar-refractivity contribution in [3.05, 3.63) is 17.7 Å². The molecule has 2 rings (SSSR count). The Morgan fingerprint density at radius 3 is 1.95 bits per heavy atom. The summed E-state index contributed by atoms with van der Waals surface area (Å²) in [6, 6.07) is 3.74. The highest BCUT2D eigenvalue weighted by Gasteiger charge is 2.32. The summed E-state index contributed by atoms with van der Waals surface area (Å²) in [5.74, 6) is 0.672. The summed E-state index contributed by atoms with van der Waals surface area (Å²) < 4.78 is 27.0. The molecule has 0 spiro atoms. The van der Waals surface area contributed by atoms with Gasteiger partial charge in [-0.25, -0.2) is 14.5 Å². The van der Waals surface area contributed by atoms with Crippen molar-refractivity contribution in [1.29, 1.82) is 5.41 Å². The molecule has 0 radical (unpaired) electrons. The number of alkyl carbamates (subject to hydrolysis) is 1. The molecule has 0 unspecified atom stereocenters. The highest BCUT2D eigenvalue weighted by Crippen LogP contribution is 2.40. The zero-order valence-corrected chi connectivity index (χ0v) is 25.0. The summed E-state index contributed by atoms with van der Waals surface area (Å²) in [7, 11) is 4.69. The van der Waals surface area contributed by atoms with E-state index in [9.17, 15) is 14.4 Å². The molecule has 0 saturated carbocycles. The lowest BCUT2D eigenvalue weighted by Crippen LogP contribution is -2.55. The van der Waals surface area contributed by atoms with Gasteiger partial charge in [-0.15, -0.1) is 0 Å². The highest BCUT2D eigenvalue weighted by atomic mass is 16.6. The molecule has 0 atom stereocenters. The van der Waals surface area contributed by atoms with Crippen molar-refractivity contribution in [3.8, 4) is 17.2 Å². The zero-order chi connectivity index (χ0) is 30.3. The molecule has 13 heteroatoms. The lowest BCUT2D eigenvalue weighted by Gasteiger charge is -2.36. The molecule has 1 saturated heterocycles. The number of carbonyl (C=O) groups is 3. The number of ether oxygens (including phenoxy) is 5. The van der Waals surface area contributed by atoms with Crippen LogP contribution in [0, 0.1) is 5.41 Å². The van der Waals surface area contributed by atoms with Crippen molar-refractivity contribution >= 4 is 24.1 Å². The monoisotopic (exact) mass is 565 g/mol. The predicted molar refractivity (Wildman–Crippen MR) is 148 cm³/mol. The van der Waals surface area contributed by atoms with Gasteiger partial charge in [0.25, 0.3) is 0 Å². The van der Waals surface area contributed by atoms with E-state index < -0.39 is 35.9 Å². The van der Waals surface area contributed by atoms with Crippen molar-refractivity contribution in [2.75, 3.05) is 54.1 Å². The molecule has 3 amide bonds. The zero-order valence-electron chi connectivity index (χ0n) is 25.0. The minimum Gasteiger partial charge on any atom is -0.493 e. The fraction of sp³-hybridized carbons (Fsp3) is 0.630. The Balaban J connectivity index is 2.07. The van der Waals surface area contributed by atoms with Gasteiger partial charge >= 0.3 is 12.2 Å². The number of nitrogens with one attached hydrogen (secondary N) is 2. The van der Waals surface area contributed by atoms with Gasteiger partial charge in [0.05, 0.1) is 21.3 Å². The average Bonchev–Trinajstić information content (AvgIpc) is 2.84. The van der Waals surface area contributed by atoms with Crippen LogP contribution in [0.5, 0.6) is 17.2 Å². The van der Waals surface area contributed by atoms with Crippen LogP contribution in [0.3, 0.4) is 0 Å². The normalized spacial score (nSPS) is 14.2. The number of hydrogen-bond acceptors (Lipinski definition) is 10. The lowest BCUT2D eigenvalue weighted by molar-refractivity contribution is -0.133. The summed E-state index contributed by atoms with van der Waals surface area (Å²) in [4.78, 5) is 42.8. The van der Waals surface area contributed by atoms with Crippen molar-refractivity contribution in [3.63, 3.8) is 0 Å². The van der Waals surface area contributed by atoms with E-state index in [1.807, 2.05) is 12.1 Å². The largest absolute Gasteiger partial charge is 0.493 e. The second-order valence-electron chi connectivity index (χ2n) is 11.2. The van der Waals surface area contributed by atoms with Crippen LogP contribution in [0.1, 0.15) is 47.1 Å². The van der Waals surface area contributed by atoms with Gasteiger partial charge in [-0.2, -0.15) is 0 Å². The Morgan fingerprint density at radius 1 is 0.875 bits per heavy atom. The quantitative estimate of drug-likeness (QED) is 0.377. The molecule has 2 N–H and O–H groups in total. The summed E-state index contributed by atoms with van der Waals surface area (Å²) in [6.07, 6.45) is -1.85. The van der Waals surface area contributed by atoms with Crippen LogP contribution in [-0.4, -0.2) is 104 Å². The first-order valence-corrected chi connectivity index (χ1v) is 13.0. The number of guanidine groups is 1. The Bertz CT molecular complexity index is 1070. The molecule has 0 aromatic heterocycles. The van der Waals surface area contributed by atoms with Gasteiger partial charge in [-0.3, -0.25) is 20.4 Å². The van der Waals surface area contributed by atoms with E-state index in [2.05, 4.69) is 10.2 Å². The Morgan fingerprint density at radius 2 is 1.45 bits per heavy atom. The van der Waals surface area contributed by atoms with E-state index in [1.54, 1.807) is 67.8 Å². The SMILES string of the molecule is COc1ccc(CN2CCN(C(=O)CN(C(=N)NC(=O)OC(C)(C)C)C(=O)OC(C)(C)C)CC2)c(OC)c1OC. The first-order valence-electron chi connectivity index (χ1n) is 13.0. The van der Waals surface area contributed by atoms with E-state index in [4.69, 9.17) is 29.1 Å². The predicted octanol–water partition coefficient (Wildman–Crippen LogP) is 3.05. The van der Waals surface area contributed by atoms with E-state index in [0.717, 1.165) is 10.5 Å². The molecule has 1 heterocycles. The van der Waals surface area contributed by atoms with Crippen molar-refractivity contribution in [1.82, 2.24) is 20.0 Å². The fourth-order valence-corrected chi connectivity index (χ4v) is 3.94. The van der Waals surface area contributed by atoms with Crippen LogP contribution < -0.4 is 19.5 Å². The molecular weight excluding hydrogens is 522 g/mol. The van der Waals surface area contributed by atoms with Crippen LogP contribution in [0.4, 0.5) is 9.59 Å². The number of nitrogens with zero attached hydrogens (tertiary/aromatic N) is 3. The molecule has 1 aliphatic rings. The second kappa shape index (κ2) is 13.6. The third kappa shape index (κ3) is 9.47. The smallest absolute Gasteiger partial charge is 0.417 e. The number of hydrogen-bond donors (Lipinski definition) is 2. The van der Waals surface area contributed by atoms with Gasteiger partial charge in [-0.1, -0.05) is 6.07 Å². The van der Waals surface area contributed by atoms with Crippen LogP contribution in [0.15, 0.2) is 12.1 Å². The second-order valence-corrected chi connectivity index (χ2v) is 11.2. The number of rotatable bonds is 7. The number of piperazine rings is 1. The number of benzene rings is 1. The summed E-state index contributed by atoms with van der Waals surface area (Å²) in [5.41, 5.74) is -0.767. The van der Waals surface area contributed by atoms with Gasteiger partial charge in [0, 0.05) is 38.3 Å². The summed E-state index contributed by atoms with van der Waals surface area (Å²) >= 11 is 0. The molecule has 224 valence electrons. The lowest BCUT2D eigenvalue weighted by atomic mass is 10.1. The fourth-order valence-electron chi connectivity index (χ4n) is 3.94. The Kier molecular flexibility index (Phi) is 11.0. The Hall–Kier alpha value is -3.74. The van der Waals surface area contributed by atoms with Crippen LogP contribution in [0.25, 0.3) is 0 Å². The summed E-state index contributed by atoms with van der Waals surface area (Å²) in [5, 5.41) is 10.5. The molecule has 1 aromatic rings. The van der Waals surface area contributed by atoms with Gasteiger partial charge in [0.1, 0.15) is 17.7 Å². The number of carbonyl (C=O) groups excluding carboxylic acids is 3. The van der Waals surface area contributed by atoms with Crippen molar-refractivity contribution in [2.45, 2.75) is 59.3 Å². The van der Waals surface area contributed by atoms with Gasteiger partial charge in [0.2, 0.25) is 17.6 Å². The third-order valence-electron chi connectivity index (χ3n) is 5.70. The minimum absolute atomic E-state index is 0.384. The minimum atomic E-state index is -0.930. The average molecular weight is 566 g/mol. The first-order chi connectivity index (χ1) is 18.6. The molecule has 0 aliphatic carbocycles. The third-order valence-corrected chi connectivity index (χ3v) is 5.70. The summed E-state index contributed by atoms with van der Waals surface area (Å²) in [6.45, 7) is 12.1. The van der Waals surface area contributed by atoms with E-state index >= 15 is 0 Å². The van der Waals surface area contributed by atoms with Gasteiger partial charge < -0.3 is 28.6 Å². The van der Waals surface area contributed by atoms with Crippen molar-refractivity contribution < 1.29 is 38.1 Å². The van der Waals surface area contributed by atoms with Gasteiger partial charge in [-0.05, 0) is 47.6 Å².